The van der Waals surface area contributed by atoms with Crippen LogP contribution in [-0.4, -0.2) is 15.8 Å². The van der Waals surface area contributed by atoms with Crippen molar-refractivity contribution in [1.82, 2.24) is 0 Å². The van der Waals surface area contributed by atoms with Crippen molar-refractivity contribution in [3.05, 3.63) is 13.2 Å². The first-order valence-corrected chi connectivity index (χ1v) is 2.46. The average molecular weight is 115 g/mol. The zero-order chi connectivity index (χ0) is 4.00. The third-order valence-electron chi connectivity index (χ3n) is 0. The van der Waals surface area contributed by atoms with Gasteiger partial charge in [0.25, 0.3) is 0 Å². The molecule has 0 saturated carbocycles. The zero-order valence-electron chi connectivity index (χ0n) is 2.79. The van der Waals surface area contributed by atoms with Gasteiger partial charge in [-0.2, -0.15) is 0 Å². The molecule has 0 aliphatic heterocycles. The van der Waals surface area contributed by atoms with Gasteiger partial charge >= 0.3 is 29.5 Å². The quantitative estimate of drug-likeness (QED) is 0.329. The number of hydrogen-bond acceptors (Lipinski definition) is 0. The van der Waals surface area contributed by atoms with Crippen LogP contribution in [0.5, 0.6) is 0 Å². The Labute approximate surface area is 42.9 Å². The first kappa shape index (κ1) is 8.84. The molecule has 0 bridgehead atoms. The summed E-state index contributed by atoms with van der Waals surface area (Å²) in [6.07, 6.45) is 0. The minimum absolute atomic E-state index is 1.81. The SMILES string of the molecule is C=C.[Li][Br]. The molecule has 0 saturated heterocycles. The van der Waals surface area contributed by atoms with Crippen molar-refractivity contribution in [3.63, 3.8) is 0 Å². The van der Waals surface area contributed by atoms with Gasteiger partial charge in [0.1, 0.15) is 0 Å². The molecule has 0 N–H and O–H groups in total. The van der Waals surface area contributed by atoms with E-state index in [0.29, 0.717) is 0 Å². The van der Waals surface area contributed by atoms with Crippen molar-refractivity contribution in [1.29, 1.82) is 0 Å². The monoisotopic (exact) mass is 114 g/mol. The third-order valence-corrected chi connectivity index (χ3v) is 0. The zero-order valence-corrected chi connectivity index (χ0v) is 4.38. The van der Waals surface area contributed by atoms with E-state index in [4.69, 9.17) is 0 Å². The molecule has 0 amide bonds. The summed E-state index contributed by atoms with van der Waals surface area (Å²) >= 11 is 4.75. The van der Waals surface area contributed by atoms with Crippen molar-refractivity contribution >= 4 is 29.5 Å². The Morgan fingerprint density at radius 2 is 1.25 bits per heavy atom. The number of rotatable bonds is 0. The molecular formula is C2H4BrLi. The van der Waals surface area contributed by atoms with Gasteiger partial charge in [-0.25, -0.2) is 0 Å². The molecule has 0 fully saturated rings. The maximum absolute atomic E-state index is 3.00. The van der Waals surface area contributed by atoms with E-state index in [1.165, 1.54) is 0 Å². The third kappa shape index (κ3) is 13.9. The Kier molecular flexibility index (Phi) is 100. The van der Waals surface area contributed by atoms with Gasteiger partial charge in [0.05, 0.1) is 0 Å². The van der Waals surface area contributed by atoms with Gasteiger partial charge in [-0.3, -0.25) is 0 Å². The predicted molar refractivity (Wildman–Crippen MR) is 25.9 cm³/mol. The molecule has 0 spiro atoms. The molecule has 0 aromatic rings. The van der Waals surface area contributed by atoms with Crippen LogP contribution < -0.4 is 0 Å². The number of hydrogen-bond donors (Lipinski definition) is 0. The Balaban J connectivity index is 0. The Morgan fingerprint density at radius 3 is 1.25 bits per heavy atom. The van der Waals surface area contributed by atoms with Crippen molar-refractivity contribution in [2.45, 2.75) is 0 Å². The maximum atomic E-state index is 3.00. The van der Waals surface area contributed by atoms with Gasteiger partial charge < -0.3 is 0 Å². The van der Waals surface area contributed by atoms with Crippen molar-refractivity contribution < 1.29 is 0 Å². The molecule has 4 heavy (non-hydrogen) atoms. The standard InChI is InChI=1S/C2H4.BrH.Li/c1-2;;/h1-2H2;1H;/q;;+1/p-1. The van der Waals surface area contributed by atoms with E-state index < -0.39 is 0 Å². The van der Waals surface area contributed by atoms with Gasteiger partial charge in [0, 0.05) is 0 Å². The van der Waals surface area contributed by atoms with Crippen LogP contribution in [0.3, 0.4) is 0 Å². The van der Waals surface area contributed by atoms with E-state index in [1.54, 1.807) is 0 Å². The molecule has 0 aromatic heterocycles. The van der Waals surface area contributed by atoms with Crippen molar-refractivity contribution in [3.8, 4) is 0 Å². The number of halogens is 1. The van der Waals surface area contributed by atoms with Crippen LogP contribution in [0.1, 0.15) is 0 Å². The summed E-state index contributed by atoms with van der Waals surface area (Å²) in [4.78, 5) is 0. The van der Waals surface area contributed by atoms with Crippen LogP contribution in [0.4, 0.5) is 0 Å². The molecular weight excluding hydrogens is 111 g/mol. The van der Waals surface area contributed by atoms with Gasteiger partial charge in [-0.1, -0.05) is 0 Å². The van der Waals surface area contributed by atoms with Crippen LogP contribution in [0.15, 0.2) is 13.2 Å². The van der Waals surface area contributed by atoms with Crippen LogP contribution in [0.2, 0.25) is 0 Å². The molecule has 0 unspecified atom stereocenters. The summed E-state index contributed by atoms with van der Waals surface area (Å²) in [7, 11) is 0. The fourth-order valence-electron chi connectivity index (χ4n) is 0. The molecule has 2 heteroatoms. The Bertz CT molecular complexity index is 6.00. The fourth-order valence-corrected chi connectivity index (χ4v) is 0. The van der Waals surface area contributed by atoms with Crippen LogP contribution >= 0.6 is 13.7 Å². The van der Waals surface area contributed by atoms with E-state index in [9.17, 15) is 0 Å². The molecule has 20 valence electrons. The van der Waals surface area contributed by atoms with Crippen molar-refractivity contribution in [2.24, 2.45) is 0 Å². The van der Waals surface area contributed by atoms with E-state index in [1.807, 2.05) is 15.8 Å². The second-order valence-electron chi connectivity index (χ2n) is 0. The topological polar surface area (TPSA) is 0 Å². The first-order valence-electron chi connectivity index (χ1n) is 0.878. The normalized spacial score (nSPS) is 2.75. The Morgan fingerprint density at radius 1 is 1.25 bits per heavy atom. The van der Waals surface area contributed by atoms with E-state index in [2.05, 4.69) is 26.9 Å². The molecule has 0 rings (SSSR count). The van der Waals surface area contributed by atoms with Gasteiger partial charge in [0.15, 0.2) is 0 Å². The first-order chi connectivity index (χ1) is 2.00. The molecule has 0 atom stereocenters. The van der Waals surface area contributed by atoms with Gasteiger partial charge in [-0.15, -0.1) is 13.2 Å². The van der Waals surface area contributed by atoms with E-state index in [0.717, 1.165) is 0 Å². The molecule has 0 aliphatic rings. The van der Waals surface area contributed by atoms with E-state index >= 15 is 0 Å². The summed E-state index contributed by atoms with van der Waals surface area (Å²) in [6, 6.07) is 0. The van der Waals surface area contributed by atoms with Crippen molar-refractivity contribution in [2.75, 3.05) is 0 Å². The summed E-state index contributed by atoms with van der Waals surface area (Å²) < 4.78 is 0. The second kappa shape index (κ2) is 45.4. The molecule has 0 heterocycles. The molecule has 0 nitrogen and oxygen atoms in total. The fraction of sp³-hybridized carbons (Fsp3) is 0. The van der Waals surface area contributed by atoms with Gasteiger partial charge in [-0.05, 0) is 0 Å². The van der Waals surface area contributed by atoms with Crippen LogP contribution in [-0.2, 0) is 0 Å². The van der Waals surface area contributed by atoms with E-state index in [-0.39, 0.29) is 0 Å². The second-order valence-corrected chi connectivity index (χ2v) is 0. The summed E-state index contributed by atoms with van der Waals surface area (Å²) in [6.45, 7) is 6.00. The minimum atomic E-state index is 1.81. The summed E-state index contributed by atoms with van der Waals surface area (Å²) in [5.74, 6) is 0. The molecule has 0 radical (unpaired) electrons. The summed E-state index contributed by atoms with van der Waals surface area (Å²) in [5, 5.41) is 0. The Hall–Kier alpha value is 0.817. The van der Waals surface area contributed by atoms with Crippen LogP contribution in [0, 0.1) is 0 Å². The molecule has 0 aromatic carbocycles. The average Bonchev–Trinajstić information content (AvgIpc) is 1.50. The van der Waals surface area contributed by atoms with Gasteiger partial charge in [0.2, 0.25) is 0 Å². The summed E-state index contributed by atoms with van der Waals surface area (Å²) in [5.41, 5.74) is 0. The predicted octanol–water partition coefficient (Wildman–Crippen LogP) is 1.27. The van der Waals surface area contributed by atoms with Crippen LogP contribution in [0.25, 0.3) is 0 Å². The molecule has 0 aliphatic carbocycles.